The second-order valence-electron chi connectivity index (χ2n) is 5.56. The van der Waals surface area contributed by atoms with E-state index in [0.29, 0.717) is 6.61 Å². The van der Waals surface area contributed by atoms with E-state index in [2.05, 4.69) is 9.88 Å². The average Bonchev–Trinajstić information content (AvgIpc) is 2.94. The largest absolute Gasteiger partial charge is 0.381 e. The lowest BCUT2D eigenvalue weighted by atomic mass is 10.0. The summed E-state index contributed by atoms with van der Waals surface area (Å²) >= 11 is 0. The van der Waals surface area contributed by atoms with Crippen LogP contribution in [0.5, 0.6) is 0 Å². The first-order valence-corrected chi connectivity index (χ1v) is 7.34. The van der Waals surface area contributed by atoms with Gasteiger partial charge in [0.1, 0.15) is 0 Å². The van der Waals surface area contributed by atoms with Crippen molar-refractivity contribution in [2.24, 2.45) is 13.0 Å². The number of aryl methyl sites for hydroxylation is 1. The summed E-state index contributed by atoms with van der Waals surface area (Å²) in [7, 11) is 2.00. The normalized spacial score (nSPS) is 23.9. The Morgan fingerprint density at radius 2 is 2.15 bits per heavy atom. The van der Waals surface area contributed by atoms with E-state index in [-0.39, 0.29) is 11.8 Å². The van der Waals surface area contributed by atoms with E-state index in [9.17, 15) is 4.79 Å². The molecule has 0 spiro atoms. The van der Waals surface area contributed by atoms with Gasteiger partial charge in [0.05, 0.1) is 12.5 Å². The van der Waals surface area contributed by atoms with E-state index < -0.39 is 0 Å². The summed E-state index contributed by atoms with van der Waals surface area (Å²) < 4.78 is 7.44. The molecular formula is C14H22N4O2. The molecular weight excluding hydrogens is 256 g/mol. The highest BCUT2D eigenvalue weighted by Gasteiger charge is 2.29. The van der Waals surface area contributed by atoms with E-state index in [4.69, 9.17) is 4.74 Å². The number of amides is 1. The Hall–Kier alpha value is -1.56. The van der Waals surface area contributed by atoms with Crippen molar-refractivity contribution in [1.82, 2.24) is 14.5 Å². The molecule has 0 bridgehead atoms. The number of piperazine rings is 1. The first-order chi connectivity index (χ1) is 9.75. The molecule has 0 saturated carbocycles. The number of anilines is 1. The van der Waals surface area contributed by atoms with Crippen molar-refractivity contribution in [2.75, 3.05) is 44.3 Å². The molecule has 1 aromatic heterocycles. The Balaban J connectivity index is 1.55. The highest BCUT2D eigenvalue weighted by atomic mass is 16.5. The van der Waals surface area contributed by atoms with Crippen LogP contribution in [0.3, 0.4) is 0 Å². The van der Waals surface area contributed by atoms with E-state index >= 15 is 0 Å². The molecule has 110 valence electrons. The van der Waals surface area contributed by atoms with Gasteiger partial charge in [-0.05, 0) is 12.8 Å². The summed E-state index contributed by atoms with van der Waals surface area (Å²) in [5, 5.41) is 0. The number of rotatable bonds is 2. The van der Waals surface area contributed by atoms with Crippen LogP contribution in [0.4, 0.5) is 5.95 Å². The monoisotopic (exact) mass is 278 g/mol. The Bertz CT molecular complexity index is 459. The molecule has 1 aromatic rings. The van der Waals surface area contributed by atoms with Crippen molar-refractivity contribution in [3.8, 4) is 0 Å². The van der Waals surface area contributed by atoms with Gasteiger partial charge in [-0.2, -0.15) is 0 Å². The summed E-state index contributed by atoms with van der Waals surface area (Å²) in [5.41, 5.74) is 0. The minimum Gasteiger partial charge on any atom is -0.381 e. The fourth-order valence-corrected chi connectivity index (χ4v) is 2.98. The molecule has 2 fully saturated rings. The topological polar surface area (TPSA) is 50.6 Å². The van der Waals surface area contributed by atoms with E-state index in [1.807, 2.05) is 28.9 Å². The van der Waals surface area contributed by atoms with Crippen molar-refractivity contribution in [3.05, 3.63) is 12.4 Å². The predicted octanol–water partition coefficient (Wildman–Crippen LogP) is 0.495. The third-order valence-electron chi connectivity index (χ3n) is 4.18. The zero-order chi connectivity index (χ0) is 13.9. The highest BCUT2D eigenvalue weighted by Crippen LogP contribution is 2.19. The number of carbonyl (C=O) groups is 1. The van der Waals surface area contributed by atoms with Crippen LogP contribution in [-0.2, 0) is 16.6 Å². The molecule has 2 aliphatic rings. The van der Waals surface area contributed by atoms with Crippen LogP contribution < -0.4 is 4.90 Å². The standard InChI is InChI=1S/C14H22N4O2/c1-16-5-4-15-14(16)18-8-6-17(7-9-18)13(19)12-3-2-10-20-11-12/h4-5,12H,2-3,6-11H2,1H3/t12-/m0/s1. The molecule has 6 heteroatoms. The number of aromatic nitrogens is 2. The smallest absolute Gasteiger partial charge is 0.228 e. The van der Waals surface area contributed by atoms with Crippen LogP contribution in [-0.4, -0.2) is 59.8 Å². The first kappa shape index (κ1) is 13.4. The number of hydrogen-bond donors (Lipinski definition) is 0. The lowest BCUT2D eigenvalue weighted by Gasteiger charge is -2.37. The molecule has 0 aliphatic carbocycles. The molecule has 1 atom stereocenters. The minimum absolute atomic E-state index is 0.0726. The second-order valence-corrected chi connectivity index (χ2v) is 5.56. The number of carbonyl (C=O) groups excluding carboxylic acids is 1. The summed E-state index contributed by atoms with van der Waals surface area (Å²) in [6.45, 7) is 4.66. The lowest BCUT2D eigenvalue weighted by Crippen LogP contribution is -2.51. The summed E-state index contributed by atoms with van der Waals surface area (Å²) in [6.07, 6.45) is 5.74. The van der Waals surface area contributed by atoms with Gasteiger partial charge in [-0.15, -0.1) is 0 Å². The molecule has 0 aromatic carbocycles. The zero-order valence-corrected chi connectivity index (χ0v) is 12.0. The summed E-state index contributed by atoms with van der Waals surface area (Å²) in [6, 6.07) is 0. The van der Waals surface area contributed by atoms with E-state index in [1.54, 1.807) is 0 Å². The lowest BCUT2D eigenvalue weighted by molar-refractivity contribution is -0.140. The van der Waals surface area contributed by atoms with Crippen molar-refractivity contribution in [2.45, 2.75) is 12.8 Å². The number of nitrogens with zero attached hydrogens (tertiary/aromatic N) is 4. The minimum atomic E-state index is 0.0726. The molecule has 6 nitrogen and oxygen atoms in total. The third-order valence-corrected chi connectivity index (χ3v) is 4.18. The second kappa shape index (κ2) is 5.83. The van der Waals surface area contributed by atoms with Gasteiger partial charge < -0.3 is 19.1 Å². The third kappa shape index (κ3) is 2.65. The van der Waals surface area contributed by atoms with Gasteiger partial charge in [-0.3, -0.25) is 4.79 Å². The van der Waals surface area contributed by atoms with Gasteiger partial charge in [0, 0.05) is 52.2 Å². The Labute approximate surface area is 119 Å². The fourth-order valence-electron chi connectivity index (χ4n) is 2.98. The Kier molecular flexibility index (Phi) is 3.91. The van der Waals surface area contributed by atoms with Gasteiger partial charge >= 0.3 is 0 Å². The Morgan fingerprint density at radius 1 is 1.35 bits per heavy atom. The average molecular weight is 278 g/mol. The number of imidazole rings is 1. The molecule has 2 aliphatic heterocycles. The van der Waals surface area contributed by atoms with Crippen LogP contribution in [0, 0.1) is 5.92 Å². The van der Waals surface area contributed by atoms with Crippen molar-refractivity contribution in [1.29, 1.82) is 0 Å². The Morgan fingerprint density at radius 3 is 2.75 bits per heavy atom. The molecule has 0 N–H and O–H groups in total. The molecule has 2 saturated heterocycles. The molecule has 0 radical (unpaired) electrons. The zero-order valence-electron chi connectivity index (χ0n) is 12.0. The van der Waals surface area contributed by atoms with E-state index in [1.165, 1.54) is 0 Å². The molecule has 3 rings (SSSR count). The summed E-state index contributed by atoms with van der Waals surface area (Å²) in [4.78, 5) is 21.0. The van der Waals surface area contributed by atoms with Crippen LogP contribution >= 0.6 is 0 Å². The fraction of sp³-hybridized carbons (Fsp3) is 0.714. The molecule has 0 unspecified atom stereocenters. The van der Waals surface area contributed by atoms with Crippen molar-refractivity contribution in [3.63, 3.8) is 0 Å². The van der Waals surface area contributed by atoms with Gasteiger partial charge in [-0.25, -0.2) is 4.98 Å². The number of hydrogen-bond acceptors (Lipinski definition) is 4. The van der Waals surface area contributed by atoms with Gasteiger partial charge in [-0.1, -0.05) is 0 Å². The summed E-state index contributed by atoms with van der Waals surface area (Å²) in [5.74, 6) is 1.32. The van der Waals surface area contributed by atoms with Crippen LogP contribution in [0.25, 0.3) is 0 Å². The maximum absolute atomic E-state index is 12.4. The molecule has 1 amide bonds. The maximum Gasteiger partial charge on any atom is 0.228 e. The SMILES string of the molecule is Cn1ccnc1N1CCN(C(=O)[C@H]2CCCOC2)CC1. The van der Waals surface area contributed by atoms with Crippen molar-refractivity contribution < 1.29 is 9.53 Å². The maximum atomic E-state index is 12.4. The quantitative estimate of drug-likeness (QED) is 0.790. The van der Waals surface area contributed by atoms with Crippen LogP contribution in [0.1, 0.15) is 12.8 Å². The van der Waals surface area contributed by atoms with Crippen LogP contribution in [0.2, 0.25) is 0 Å². The van der Waals surface area contributed by atoms with Crippen LogP contribution in [0.15, 0.2) is 12.4 Å². The van der Waals surface area contributed by atoms with Gasteiger partial charge in [0.25, 0.3) is 0 Å². The predicted molar refractivity (Wildman–Crippen MR) is 75.5 cm³/mol. The molecule has 20 heavy (non-hydrogen) atoms. The van der Waals surface area contributed by atoms with E-state index in [0.717, 1.165) is 51.6 Å². The van der Waals surface area contributed by atoms with Gasteiger partial charge in [0.2, 0.25) is 11.9 Å². The molecule has 3 heterocycles. The number of ether oxygens (including phenoxy) is 1. The highest BCUT2D eigenvalue weighted by molar-refractivity contribution is 5.79. The first-order valence-electron chi connectivity index (χ1n) is 7.34. The van der Waals surface area contributed by atoms with Crippen molar-refractivity contribution >= 4 is 11.9 Å². The van der Waals surface area contributed by atoms with Gasteiger partial charge in [0.15, 0.2) is 0 Å².